The summed E-state index contributed by atoms with van der Waals surface area (Å²) in [6.45, 7) is 1.99. The van der Waals surface area contributed by atoms with Crippen LogP contribution < -0.4 is 4.57 Å². The van der Waals surface area contributed by atoms with E-state index in [2.05, 4.69) is 0 Å². The average Bonchev–Trinajstić information content (AvgIpc) is 2.96. The molecule has 4 heteroatoms. The summed E-state index contributed by atoms with van der Waals surface area (Å²) in [6, 6.07) is 14.7. The molecule has 3 nitrogen and oxygen atoms in total. The molecule has 0 aliphatic carbocycles. The second kappa shape index (κ2) is 5.17. The second-order valence-electron chi connectivity index (χ2n) is 5.84. The Morgan fingerprint density at radius 3 is 2.54 bits per heavy atom. The molecule has 0 spiro atoms. The molecule has 0 saturated heterocycles. The summed E-state index contributed by atoms with van der Waals surface area (Å²) in [5, 5.41) is 10.2. The lowest BCUT2D eigenvalue weighted by Crippen LogP contribution is -2.30. The lowest BCUT2D eigenvalue weighted by atomic mass is 9.97. The number of fused-ring (bicyclic) bond motifs is 3. The minimum Gasteiger partial charge on any atom is -0.456 e. The third-order valence-corrected chi connectivity index (χ3v) is 4.38. The number of benzene rings is 2. The van der Waals surface area contributed by atoms with Gasteiger partial charge in [-0.25, -0.2) is 8.96 Å². The molecule has 4 aromatic rings. The molecule has 0 atom stereocenters. The summed E-state index contributed by atoms with van der Waals surface area (Å²) in [6.07, 6.45) is 1.95. The largest absolute Gasteiger partial charge is 0.456 e. The summed E-state index contributed by atoms with van der Waals surface area (Å²) in [5.74, 6) is -0.529. The molecular weight excluding hydrogens is 303 g/mol. The number of nitriles is 1. The molecule has 0 N–H and O–H groups in total. The van der Waals surface area contributed by atoms with Gasteiger partial charge in [0, 0.05) is 17.5 Å². The molecule has 0 unspecified atom stereocenters. The van der Waals surface area contributed by atoms with Gasteiger partial charge in [-0.1, -0.05) is 6.07 Å². The Balaban J connectivity index is 2.25. The van der Waals surface area contributed by atoms with Crippen molar-refractivity contribution in [2.24, 2.45) is 7.05 Å². The smallest absolute Gasteiger partial charge is 0.213 e. The Morgan fingerprint density at radius 2 is 1.79 bits per heavy atom. The van der Waals surface area contributed by atoms with Crippen LogP contribution in [-0.4, -0.2) is 0 Å². The van der Waals surface area contributed by atoms with Crippen LogP contribution in [0.4, 0.5) is 4.39 Å². The van der Waals surface area contributed by atoms with Crippen molar-refractivity contribution >= 4 is 21.9 Å². The molecule has 24 heavy (non-hydrogen) atoms. The van der Waals surface area contributed by atoms with Crippen molar-refractivity contribution in [3.63, 3.8) is 0 Å². The Hall–Kier alpha value is -3.19. The van der Waals surface area contributed by atoms with Crippen LogP contribution in [0.3, 0.4) is 0 Å². The number of pyridine rings is 1. The van der Waals surface area contributed by atoms with Gasteiger partial charge in [-0.2, -0.15) is 5.26 Å². The highest BCUT2D eigenvalue weighted by atomic mass is 19.1. The lowest BCUT2D eigenvalue weighted by molar-refractivity contribution is -0.660. The van der Waals surface area contributed by atoms with E-state index in [1.165, 1.54) is 6.07 Å². The second-order valence-corrected chi connectivity index (χ2v) is 5.84. The predicted molar refractivity (Wildman–Crippen MR) is 89.7 cm³/mol. The normalized spacial score (nSPS) is 11.1. The molecule has 2 aromatic carbocycles. The molecule has 0 saturated carbocycles. The first-order valence-electron chi connectivity index (χ1n) is 7.61. The fourth-order valence-corrected chi connectivity index (χ4v) is 3.22. The first kappa shape index (κ1) is 14.4. The van der Waals surface area contributed by atoms with E-state index in [0.29, 0.717) is 21.9 Å². The van der Waals surface area contributed by atoms with Gasteiger partial charge in [0.15, 0.2) is 12.0 Å². The Bertz CT molecular complexity index is 1150. The van der Waals surface area contributed by atoms with Crippen molar-refractivity contribution in [3.8, 4) is 17.3 Å². The molecule has 2 heterocycles. The molecule has 0 aliphatic heterocycles. The zero-order valence-electron chi connectivity index (χ0n) is 13.3. The van der Waals surface area contributed by atoms with E-state index in [1.807, 2.05) is 61.1 Å². The SMILES string of the molecule is Cc1ccc2oc3ccc(C#N)c(F)c3c2c1-c1cccc[n+]1C. The third kappa shape index (κ3) is 1.92. The number of halogens is 1. The molecular formula is C20H14FN2O+. The molecule has 0 amide bonds. The first-order valence-corrected chi connectivity index (χ1v) is 7.61. The van der Waals surface area contributed by atoms with Crippen LogP contribution in [0, 0.1) is 24.1 Å². The maximum atomic E-state index is 14.9. The number of aromatic nitrogens is 1. The third-order valence-electron chi connectivity index (χ3n) is 4.38. The zero-order valence-corrected chi connectivity index (χ0v) is 13.3. The van der Waals surface area contributed by atoms with Gasteiger partial charge in [0.2, 0.25) is 5.69 Å². The van der Waals surface area contributed by atoms with Crippen LogP contribution in [0.2, 0.25) is 0 Å². The van der Waals surface area contributed by atoms with Gasteiger partial charge in [-0.15, -0.1) is 0 Å². The fourth-order valence-electron chi connectivity index (χ4n) is 3.22. The minimum atomic E-state index is -0.529. The summed E-state index contributed by atoms with van der Waals surface area (Å²) in [7, 11) is 1.95. The van der Waals surface area contributed by atoms with E-state index >= 15 is 0 Å². The van der Waals surface area contributed by atoms with E-state index < -0.39 is 5.82 Å². The standard InChI is InChI=1S/C20H14FN2O/c1-12-6-8-15-18(17(12)14-5-3-4-10-23(14)2)19-16(24-15)9-7-13(11-22)20(19)21/h3-10H,1-2H3/q+1. The molecule has 0 aliphatic rings. The van der Waals surface area contributed by atoms with Gasteiger partial charge < -0.3 is 4.42 Å². The van der Waals surface area contributed by atoms with E-state index in [9.17, 15) is 4.39 Å². The first-order chi connectivity index (χ1) is 11.6. The molecule has 116 valence electrons. The molecule has 0 bridgehead atoms. The average molecular weight is 317 g/mol. The summed E-state index contributed by atoms with van der Waals surface area (Å²) < 4.78 is 22.7. The summed E-state index contributed by atoms with van der Waals surface area (Å²) in [5.41, 5.74) is 3.99. The molecule has 4 rings (SSSR count). The maximum Gasteiger partial charge on any atom is 0.213 e. The number of hydrogen-bond acceptors (Lipinski definition) is 2. The van der Waals surface area contributed by atoms with Crippen LogP contribution in [0.1, 0.15) is 11.1 Å². The number of hydrogen-bond donors (Lipinski definition) is 0. The van der Waals surface area contributed by atoms with Gasteiger partial charge in [0.25, 0.3) is 0 Å². The van der Waals surface area contributed by atoms with Crippen molar-refractivity contribution in [2.45, 2.75) is 6.92 Å². The van der Waals surface area contributed by atoms with E-state index in [4.69, 9.17) is 9.68 Å². The highest BCUT2D eigenvalue weighted by Crippen LogP contribution is 2.39. The van der Waals surface area contributed by atoms with Crippen molar-refractivity contribution in [3.05, 3.63) is 65.6 Å². The number of furan rings is 1. The Morgan fingerprint density at radius 1 is 1.04 bits per heavy atom. The van der Waals surface area contributed by atoms with Crippen LogP contribution in [0.25, 0.3) is 33.2 Å². The van der Waals surface area contributed by atoms with Crippen molar-refractivity contribution in [1.82, 2.24) is 0 Å². The lowest BCUT2D eigenvalue weighted by Gasteiger charge is -2.06. The van der Waals surface area contributed by atoms with Gasteiger partial charge in [0.05, 0.1) is 16.5 Å². The topological polar surface area (TPSA) is 40.8 Å². The molecule has 2 aromatic heterocycles. The number of aryl methyl sites for hydroxylation is 2. The number of rotatable bonds is 1. The highest BCUT2D eigenvalue weighted by molar-refractivity contribution is 6.13. The highest BCUT2D eigenvalue weighted by Gasteiger charge is 2.23. The van der Waals surface area contributed by atoms with Crippen LogP contribution in [-0.2, 0) is 7.05 Å². The van der Waals surface area contributed by atoms with Crippen molar-refractivity contribution in [1.29, 1.82) is 5.26 Å². The fraction of sp³-hybridized carbons (Fsp3) is 0.100. The number of nitrogens with zero attached hydrogens (tertiary/aromatic N) is 2. The Kier molecular flexibility index (Phi) is 3.10. The van der Waals surface area contributed by atoms with Gasteiger partial charge >= 0.3 is 0 Å². The molecule has 0 fully saturated rings. The van der Waals surface area contributed by atoms with E-state index in [-0.39, 0.29) is 5.56 Å². The maximum absolute atomic E-state index is 14.9. The summed E-state index contributed by atoms with van der Waals surface area (Å²) >= 11 is 0. The van der Waals surface area contributed by atoms with Crippen LogP contribution >= 0.6 is 0 Å². The quantitative estimate of drug-likeness (QED) is 0.488. The zero-order chi connectivity index (χ0) is 16.8. The van der Waals surface area contributed by atoms with Crippen LogP contribution in [0.5, 0.6) is 0 Å². The Labute approximate surface area is 138 Å². The van der Waals surface area contributed by atoms with Crippen LogP contribution in [0.15, 0.2) is 53.1 Å². The predicted octanol–water partition coefficient (Wildman–Crippen LogP) is 4.40. The van der Waals surface area contributed by atoms with Gasteiger partial charge in [-0.3, -0.25) is 0 Å². The van der Waals surface area contributed by atoms with Crippen molar-refractivity contribution in [2.75, 3.05) is 0 Å². The molecule has 0 radical (unpaired) electrons. The van der Waals surface area contributed by atoms with Gasteiger partial charge in [0.1, 0.15) is 24.3 Å². The van der Waals surface area contributed by atoms with E-state index in [1.54, 1.807) is 6.07 Å². The minimum absolute atomic E-state index is 0.0232. The van der Waals surface area contributed by atoms with Gasteiger partial charge in [-0.05, 0) is 36.8 Å². The van der Waals surface area contributed by atoms with Crippen molar-refractivity contribution < 1.29 is 13.4 Å². The van der Waals surface area contributed by atoms with E-state index in [0.717, 1.165) is 16.8 Å². The monoisotopic (exact) mass is 317 g/mol. The summed E-state index contributed by atoms with van der Waals surface area (Å²) in [4.78, 5) is 0.